The summed E-state index contributed by atoms with van der Waals surface area (Å²) in [6, 6.07) is 70.5. The number of benzene rings is 11. The van der Waals surface area contributed by atoms with E-state index < -0.39 is 0 Å². The van der Waals surface area contributed by atoms with Crippen molar-refractivity contribution < 1.29 is 13.6 Å². The van der Waals surface area contributed by atoms with E-state index in [0.29, 0.717) is 0 Å². The molecule has 2 aliphatic rings. The molecule has 6 heteroatoms. The molecule has 0 amide bonds. The first-order valence-corrected chi connectivity index (χ1v) is 23.5. The maximum atomic E-state index is 7.20. The van der Waals surface area contributed by atoms with Gasteiger partial charge in [0.25, 0.3) is 6.71 Å². The average molecular weight is 873 g/mol. The number of furan rings is 2. The molecule has 0 atom stereocenters. The third-order valence-corrected chi connectivity index (χ3v) is 14.8. The molecule has 2 aromatic heterocycles. The van der Waals surface area contributed by atoms with Gasteiger partial charge in [-0.25, -0.2) is 0 Å². The summed E-state index contributed by atoms with van der Waals surface area (Å²) < 4.78 is 20.2. The van der Waals surface area contributed by atoms with Crippen molar-refractivity contribution in [2.24, 2.45) is 0 Å². The number of nitrogens with zero attached hydrogens (tertiary/aromatic N) is 2. The first kappa shape index (κ1) is 37.7. The minimum atomic E-state index is -0.103. The van der Waals surface area contributed by atoms with Gasteiger partial charge >= 0.3 is 0 Å². The molecule has 0 bridgehead atoms. The molecule has 11 aromatic carbocycles. The molecule has 68 heavy (non-hydrogen) atoms. The molecular weight excluding hydrogens is 832 g/mol. The molecule has 320 valence electrons. The van der Waals surface area contributed by atoms with Crippen molar-refractivity contribution in [1.82, 2.24) is 0 Å². The SMILES string of the molecule is CC(C)(C)c1ccc(N2c3cc4oc5ccccc5c4cc3B3c4ccc(N(c5ccc6oc7ccccc7c6c5)c5ccc6ccc7cccc8ccc5c6c78)cc4Oc4cccc2c43)cc1. The van der Waals surface area contributed by atoms with Crippen LogP contribution in [0.2, 0.25) is 0 Å². The van der Waals surface area contributed by atoms with Crippen molar-refractivity contribution in [3.8, 4) is 11.5 Å². The van der Waals surface area contributed by atoms with Gasteiger partial charge in [0.1, 0.15) is 33.8 Å². The van der Waals surface area contributed by atoms with Gasteiger partial charge in [0.15, 0.2) is 0 Å². The Morgan fingerprint density at radius 3 is 1.87 bits per heavy atom. The first-order chi connectivity index (χ1) is 33.3. The molecule has 15 rings (SSSR count). The molecule has 4 heterocycles. The van der Waals surface area contributed by atoms with Crippen molar-refractivity contribution in [1.29, 1.82) is 0 Å². The lowest BCUT2D eigenvalue weighted by Crippen LogP contribution is -2.59. The monoisotopic (exact) mass is 872 g/mol. The van der Waals surface area contributed by atoms with E-state index in [-0.39, 0.29) is 12.1 Å². The van der Waals surface area contributed by atoms with Gasteiger partial charge in [0, 0.05) is 67.5 Å². The van der Waals surface area contributed by atoms with Crippen LogP contribution < -0.4 is 30.9 Å². The van der Waals surface area contributed by atoms with E-state index in [0.717, 1.165) is 100 Å². The van der Waals surface area contributed by atoms with Crippen LogP contribution in [0.25, 0.3) is 76.2 Å². The lowest BCUT2D eigenvalue weighted by Gasteiger charge is -2.40. The van der Waals surface area contributed by atoms with Crippen LogP contribution in [0.1, 0.15) is 26.3 Å². The topological polar surface area (TPSA) is 42.0 Å². The van der Waals surface area contributed by atoms with Crippen molar-refractivity contribution in [3.05, 3.63) is 200 Å². The van der Waals surface area contributed by atoms with Crippen LogP contribution in [0.3, 0.4) is 0 Å². The number of hydrogen-bond acceptors (Lipinski definition) is 5. The average Bonchev–Trinajstić information content (AvgIpc) is 3.93. The Labute approximate surface area is 392 Å². The number of ether oxygens (including phenoxy) is 1. The van der Waals surface area contributed by atoms with Crippen LogP contribution in [0.5, 0.6) is 11.5 Å². The standard InChI is InChI=1S/C62H41BN2O3/c1-62(2,3)39-22-24-40(25-23-39)65-51-14-9-17-56-61(51)63(49-34-47-44-13-5-7-16-54(44)67-57(47)35-52(49)65)48-29-26-42(33-58(48)68-56)64(41-27-31-55-46(32-41)43-12-4-6-15-53(43)66-55)50-30-21-38-19-18-36-10-8-11-37-20-28-45(50)60(38)59(36)37/h4-35H,1-3H3. The second-order valence-electron chi connectivity index (χ2n) is 19.6. The molecule has 0 spiro atoms. The lowest BCUT2D eigenvalue weighted by atomic mass is 9.34. The fourth-order valence-electron chi connectivity index (χ4n) is 11.6. The van der Waals surface area contributed by atoms with Crippen molar-refractivity contribution in [2.45, 2.75) is 26.2 Å². The van der Waals surface area contributed by atoms with Crippen molar-refractivity contribution in [3.63, 3.8) is 0 Å². The van der Waals surface area contributed by atoms with Gasteiger partial charge in [0.2, 0.25) is 0 Å². The van der Waals surface area contributed by atoms with E-state index in [9.17, 15) is 0 Å². The maximum absolute atomic E-state index is 7.20. The minimum absolute atomic E-state index is 0.0299. The number of fused-ring (bicyclic) bond motifs is 10. The Balaban J connectivity index is 0.960. The highest BCUT2D eigenvalue weighted by Gasteiger charge is 2.42. The number of para-hydroxylation sites is 2. The van der Waals surface area contributed by atoms with E-state index >= 15 is 0 Å². The van der Waals surface area contributed by atoms with Gasteiger partial charge in [-0.3, -0.25) is 0 Å². The summed E-state index contributed by atoms with van der Waals surface area (Å²) in [5.74, 6) is 1.69. The van der Waals surface area contributed by atoms with E-state index in [4.69, 9.17) is 13.6 Å². The first-order valence-electron chi connectivity index (χ1n) is 23.5. The molecule has 0 saturated carbocycles. The van der Waals surface area contributed by atoms with Crippen molar-refractivity contribution in [2.75, 3.05) is 9.80 Å². The Morgan fingerprint density at radius 1 is 0.441 bits per heavy atom. The highest BCUT2D eigenvalue weighted by atomic mass is 16.5. The molecular formula is C62H41BN2O3. The van der Waals surface area contributed by atoms with Crippen LogP contribution in [0.15, 0.2) is 203 Å². The third-order valence-electron chi connectivity index (χ3n) is 14.8. The molecule has 2 aliphatic heterocycles. The van der Waals surface area contributed by atoms with Crippen LogP contribution >= 0.6 is 0 Å². The van der Waals surface area contributed by atoms with Crippen LogP contribution in [-0.2, 0) is 5.41 Å². The van der Waals surface area contributed by atoms with E-state index in [1.165, 1.54) is 43.3 Å². The molecule has 5 nitrogen and oxygen atoms in total. The number of hydrogen-bond donors (Lipinski definition) is 0. The van der Waals surface area contributed by atoms with Crippen LogP contribution in [0, 0.1) is 0 Å². The van der Waals surface area contributed by atoms with E-state index in [1.807, 2.05) is 18.2 Å². The fraction of sp³-hybridized carbons (Fsp3) is 0.0645. The molecule has 0 fully saturated rings. The second-order valence-corrected chi connectivity index (χ2v) is 19.6. The van der Waals surface area contributed by atoms with Gasteiger partial charge in [-0.15, -0.1) is 0 Å². The summed E-state index contributed by atoms with van der Waals surface area (Å²) in [6.07, 6.45) is 0. The predicted octanol–water partition coefficient (Wildman–Crippen LogP) is 15.6. The zero-order valence-corrected chi connectivity index (χ0v) is 37.7. The molecule has 0 radical (unpaired) electrons. The normalized spacial score (nSPS) is 13.3. The zero-order chi connectivity index (χ0) is 45.0. The van der Waals surface area contributed by atoms with Gasteiger partial charge in [-0.2, -0.15) is 0 Å². The van der Waals surface area contributed by atoms with E-state index in [1.54, 1.807) is 0 Å². The summed E-state index contributed by atoms with van der Waals surface area (Å²) in [7, 11) is 0. The number of rotatable bonds is 4. The fourth-order valence-corrected chi connectivity index (χ4v) is 11.6. The summed E-state index contributed by atoms with van der Waals surface area (Å²) in [6.45, 7) is 6.69. The maximum Gasteiger partial charge on any atom is 0.256 e. The Morgan fingerprint density at radius 2 is 1.09 bits per heavy atom. The molecule has 13 aromatic rings. The second kappa shape index (κ2) is 13.6. The lowest BCUT2D eigenvalue weighted by molar-refractivity contribution is 0.487. The largest absolute Gasteiger partial charge is 0.458 e. The van der Waals surface area contributed by atoms with Gasteiger partial charge < -0.3 is 23.4 Å². The third kappa shape index (κ3) is 5.28. The summed E-state index contributed by atoms with van der Waals surface area (Å²) in [4.78, 5) is 4.81. The van der Waals surface area contributed by atoms with Gasteiger partial charge in [-0.1, -0.05) is 136 Å². The smallest absolute Gasteiger partial charge is 0.256 e. The highest BCUT2D eigenvalue weighted by molar-refractivity contribution is 6.99. The number of anilines is 6. The molecule has 0 unspecified atom stereocenters. The Hall–Kier alpha value is -8.48. The molecule has 0 aliphatic carbocycles. The Bertz CT molecular complexity index is 4240. The van der Waals surface area contributed by atoms with Gasteiger partial charge in [-0.05, 0) is 121 Å². The van der Waals surface area contributed by atoms with Gasteiger partial charge in [0.05, 0.1) is 5.69 Å². The van der Waals surface area contributed by atoms with E-state index in [2.05, 4.69) is 206 Å². The summed E-state index contributed by atoms with van der Waals surface area (Å²) >= 11 is 0. The van der Waals surface area contributed by atoms with Crippen LogP contribution in [-0.4, -0.2) is 6.71 Å². The zero-order valence-electron chi connectivity index (χ0n) is 37.7. The summed E-state index contributed by atoms with van der Waals surface area (Å²) in [5.41, 5.74) is 14.7. The molecule has 0 N–H and O–H groups in total. The van der Waals surface area contributed by atoms with Crippen molar-refractivity contribution >= 4 is 133 Å². The predicted molar refractivity (Wildman–Crippen MR) is 284 cm³/mol. The summed E-state index contributed by atoms with van der Waals surface area (Å²) in [5, 5.41) is 11.8. The Kier molecular flexibility index (Phi) is 7.52. The highest BCUT2D eigenvalue weighted by Crippen LogP contribution is 2.48. The minimum Gasteiger partial charge on any atom is -0.458 e. The van der Waals surface area contributed by atoms with Crippen LogP contribution in [0.4, 0.5) is 34.1 Å². The quantitative estimate of drug-likeness (QED) is 0.130. The molecule has 0 saturated heterocycles.